The zero-order chi connectivity index (χ0) is 32.1. The number of fused-ring (bicyclic) bond motifs is 1. The number of halogens is 7. The molecule has 0 bridgehead atoms. The Labute approximate surface area is 236 Å². The summed E-state index contributed by atoms with van der Waals surface area (Å²) in [6.45, 7) is 4.83. The molecule has 1 aliphatic heterocycles. The van der Waals surface area contributed by atoms with E-state index in [9.17, 15) is 48.7 Å². The second-order valence-electron chi connectivity index (χ2n) is 10.4. The number of benzene rings is 2. The Kier molecular flexibility index (Phi) is 8.44. The molecule has 2 aromatic carbocycles. The lowest BCUT2D eigenvalue weighted by atomic mass is 9.95. The van der Waals surface area contributed by atoms with E-state index in [0.717, 1.165) is 18.2 Å². The highest BCUT2D eigenvalue weighted by Crippen LogP contribution is 2.42. The number of ether oxygens (including phenoxy) is 2. The van der Waals surface area contributed by atoms with E-state index in [2.05, 4.69) is 10.1 Å². The maximum Gasteiger partial charge on any atom is 0.427 e. The zero-order valence-electron chi connectivity index (χ0n) is 22.7. The highest BCUT2D eigenvalue weighted by Gasteiger charge is 2.51. The molecule has 2 N–H and O–H groups in total. The second kappa shape index (κ2) is 10.8. The molecule has 0 radical (unpaired) electrons. The standard InChI is InChI=1S/C25H26F7N3O6S/c1-13(36)34-22(2,3)20-12-35(42(38,39)15-7-8-17(26)16(11-15)24(27,28)29)18-10-14(6-9-19(18)40-20)33-21(37)41-23(4,5)25(30,31)32/h6-11,20H,12H2,1-5H3,(H,33,37)(H,34,36)/t20-/m1/s1. The summed E-state index contributed by atoms with van der Waals surface area (Å²) in [5.74, 6) is -2.38. The second-order valence-corrected chi connectivity index (χ2v) is 12.3. The Morgan fingerprint density at radius 3 is 2.17 bits per heavy atom. The van der Waals surface area contributed by atoms with Gasteiger partial charge in [-0.25, -0.2) is 17.6 Å². The van der Waals surface area contributed by atoms with Gasteiger partial charge >= 0.3 is 18.4 Å². The average molecular weight is 630 g/mol. The first-order chi connectivity index (χ1) is 19.0. The Bertz CT molecular complexity index is 1490. The minimum absolute atomic E-state index is 0.118. The highest BCUT2D eigenvalue weighted by atomic mass is 32.2. The van der Waals surface area contributed by atoms with Crippen molar-refractivity contribution in [1.29, 1.82) is 0 Å². The van der Waals surface area contributed by atoms with Crippen molar-refractivity contribution in [3.8, 4) is 5.75 Å². The van der Waals surface area contributed by atoms with E-state index < -0.39 is 74.4 Å². The van der Waals surface area contributed by atoms with Crippen LogP contribution in [0.5, 0.6) is 5.75 Å². The van der Waals surface area contributed by atoms with E-state index in [1.54, 1.807) is 0 Å². The monoisotopic (exact) mass is 629 g/mol. The summed E-state index contributed by atoms with van der Waals surface area (Å²) in [7, 11) is -4.91. The van der Waals surface area contributed by atoms with Gasteiger partial charge in [0.25, 0.3) is 10.0 Å². The minimum atomic E-state index is -5.23. The number of amides is 2. The number of carbonyl (C=O) groups excluding carboxylic acids is 2. The predicted molar refractivity (Wildman–Crippen MR) is 135 cm³/mol. The largest absolute Gasteiger partial charge is 0.484 e. The van der Waals surface area contributed by atoms with Gasteiger partial charge in [-0.15, -0.1) is 0 Å². The third-order valence-corrected chi connectivity index (χ3v) is 8.02. The van der Waals surface area contributed by atoms with Gasteiger partial charge in [0.1, 0.15) is 17.7 Å². The van der Waals surface area contributed by atoms with Crippen LogP contribution in [0.15, 0.2) is 41.3 Å². The number of rotatable bonds is 6. The maximum absolute atomic E-state index is 13.9. The van der Waals surface area contributed by atoms with Gasteiger partial charge in [-0.3, -0.25) is 14.4 Å². The lowest BCUT2D eigenvalue weighted by Crippen LogP contribution is -2.60. The molecule has 1 heterocycles. The van der Waals surface area contributed by atoms with Crippen LogP contribution in [0.2, 0.25) is 0 Å². The van der Waals surface area contributed by atoms with Gasteiger partial charge in [0.05, 0.1) is 28.2 Å². The zero-order valence-corrected chi connectivity index (χ0v) is 23.5. The fourth-order valence-corrected chi connectivity index (χ4v) is 5.40. The molecule has 0 aromatic heterocycles. The molecule has 0 fully saturated rings. The summed E-state index contributed by atoms with van der Waals surface area (Å²) >= 11 is 0. The number of anilines is 2. The van der Waals surface area contributed by atoms with Crippen LogP contribution >= 0.6 is 0 Å². The van der Waals surface area contributed by atoms with Crippen LogP contribution in [0.3, 0.4) is 0 Å². The van der Waals surface area contributed by atoms with Crippen molar-refractivity contribution in [1.82, 2.24) is 5.32 Å². The number of nitrogens with one attached hydrogen (secondary N) is 2. The summed E-state index contributed by atoms with van der Waals surface area (Å²) in [6.07, 6.45) is -12.8. The van der Waals surface area contributed by atoms with Crippen LogP contribution < -0.4 is 19.7 Å². The highest BCUT2D eigenvalue weighted by molar-refractivity contribution is 7.92. The van der Waals surface area contributed by atoms with Crippen molar-refractivity contribution in [3.63, 3.8) is 0 Å². The smallest absolute Gasteiger partial charge is 0.427 e. The lowest BCUT2D eigenvalue weighted by molar-refractivity contribution is -0.242. The SMILES string of the molecule is CC(=O)NC(C)(C)[C@H]1CN(S(=O)(=O)c2ccc(F)c(C(F)(F)F)c2)c2cc(NC(=O)OC(C)(C)C(F)(F)F)ccc2O1. The van der Waals surface area contributed by atoms with Crippen LogP contribution in [-0.2, 0) is 25.7 Å². The van der Waals surface area contributed by atoms with E-state index in [4.69, 9.17) is 4.74 Å². The normalized spacial score (nSPS) is 16.3. The van der Waals surface area contributed by atoms with Gasteiger partial charge in [0.15, 0.2) is 0 Å². The summed E-state index contributed by atoms with van der Waals surface area (Å²) in [4.78, 5) is 23.0. The molecule has 0 saturated carbocycles. The van der Waals surface area contributed by atoms with E-state index in [0.29, 0.717) is 30.3 Å². The number of hydrogen-bond donors (Lipinski definition) is 2. The summed E-state index contributed by atoms with van der Waals surface area (Å²) < 4.78 is 132. The molecule has 0 saturated heterocycles. The Morgan fingerprint density at radius 2 is 1.62 bits per heavy atom. The fourth-order valence-electron chi connectivity index (χ4n) is 3.91. The van der Waals surface area contributed by atoms with E-state index in [1.165, 1.54) is 20.8 Å². The predicted octanol–water partition coefficient (Wildman–Crippen LogP) is 5.60. The number of carbonyl (C=O) groups is 2. The van der Waals surface area contributed by atoms with Crippen molar-refractivity contribution in [2.24, 2.45) is 0 Å². The maximum atomic E-state index is 13.9. The molecule has 2 aromatic rings. The van der Waals surface area contributed by atoms with Gasteiger partial charge in [-0.05, 0) is 64.1 Å². The third kappa shape index (κ3) is 6.82. The molecule has 17 heteroatoms. The molecule has 0 aliphatic carbocycles. The number of alkyl halides is 6. The fraction of sp³-hybridized carbons (Fsp3) is 0.440. The van der Waals surface area contributed by atoms with E-state index >= 15 is 0 Å². The molecule has 232 valence electrons. The van der Waals surface area contributed by atoms with Gasteiger partial charge in [0, 0.05) is 12.6 Å². The van der Waals surface area contributed by atoms with Crippen molar-refractivity contribution in [2.45, 2.75) is 69.1 Å². The Morgan fingerprint density at radius 1 is 1.00 bits per heavy atom. The summed E-state index contributed by atoms with van der Waals surface area (Å²) in [5.41, 5.74) is -6.53. The first-order valence-electron chi connectivity index (χ1n) is 12.0. The lowest BCUT2D eigenvalue weighted by Gasteiger charge is -2.42. The molecule has 42 heavy (non-hydrogen) atoms. The minimum Gasteiger partial charge on any atom is -0.484 e. The van der Waals surface area contributed by atoms with Crippen LogP contribution in [-0.4, -0.2) is 50.4 Å². The molecule has 0 unspecified atom stereocenters. The Hall–Kier alpha value is -3.76. The Balaban J connectivity index is 2.10. The summed E-state index contributed by atoms with van der Waals surface area (Å²) in [6, 6.07) is 4.38. The van der Waals surface area contributed by atoms with E-state index in [-0.39, 0.29) is 23.2 Å². The number of hydrogen-bond acceptors (Lipinski definition) is 6. The van der Waals surface area contributed by atoms with Crippen molar-refractivity contribution < 1.29 is 58.2 Å². The van der Waals surface area contributed by atoms with Crippen LogP contribution in [0.25, 0.3) is 0 Å². The molecule has 1 atom stereocenters. The molecule has 9 nitrogen and oxygen atoms in total. The van der Waals surface area contributed by atoms with E-state index in [1.807, 2.05) is 5.32 Å². The van der Waals surface area contributed by atoms with Crippen LogP contribution in [0, 0.1) is 5.82 Å². The topological polar surface area (TPSA) is 114 Å². The molecule has 2 amide bonds. The van der Waals surface area contributed by atoms with Gasteiger partial charge in [0.2, 0.25) is 11.5 Å². The van der Waals surface area contributed by atoms with Crippen LogP contribution in [0.4, 0.5) is 46.9 Å². The third-order valence-electron chi connectivity index (χ3n) is 6.24. The quantitative estimate of drug-likeness (QED) is 0.402. The molecule has 1 aliphatic rings. The summed E-state index contributed by atoms with van der Waals surface area (Å²) in [5, 5.41) is 4.63. The van der Waals surface area contributed by atoms with Gasteiger partial charge in [-0.2, -0.15) is 26.3 Å². The number of sulfonamides is 1. The molecular weight excluding hydrogens is 603 g/mol. The van der Waals surface area contributed by atoms with Crippen molar-refractivity contribution in [2.75, 3.05) is 16.2 Å². The van der Waals surface area contributed by atoms with Crippen molar-refractivity contribution in [3.05, 3.63) is 47.8 Å². The van der Waals surface area contributed by atoms with Crippen LogP contribution in [0.1, 0.15) is 40.2 Å². The first kappa shape index (κ1) is 32.8. The van der Waals surface area contributed by atoms with Gasteiger partial charge in [-0.1, -0.05) is 0 Å². The van der Waals surface area contributed by atoms with Crippen molar-refractivity contribution >= 4 is 33.4 Å². The molecule has 3 rings (SSSR count). The molecular formula is C25H26F7N3O6S. The number of nitrogens with zero attached hydrogens (tertiary/aromatic N) is 1. The van der Waals surface area contributed by atoms with Gasteiger partial charge < -0.3 is 14.8 Å². The average Bonchev–Trinajstić information content (AvgIpc) is 2.80. The first-order valence-corrected chi connectivity index (χ1v) is 13.5. The molecule has 0 spiro atoms.